The van der Waals surface area contributed by atoms with Gasteiger partial charge in [-0.1, -0.05) is 0 Å². The lowest BCUT2D eigenvalue weighted by atomic mass is 10.1. The summed E-state index contributed by atoms with van der Waals surface area (Å²) in [6.45, 7) is 0. The molecule has 2 nitrogen and oxygen atoms in total. The van der Waals surface area contributed by atoms with E-state index in [9.17, 15) is 17.6 Å². The molecule has 0 unspecified atom stereocenters. The number of alkyl halides is 3. The quantitative estimate of drug-likeness (QED) is 0.693. The maximum absolute atomic E-state index is 12.6. The molecule has 1 atom stereocenters. The Morgan fingerprint density at radius 3 is 2.46 bits per heavy atom. The molecular weight excluding hydrogens is 190 g/mol. The first kappa shape index (κ1) is 9.91. The molecule has 0 saturated carbocycles. The molecule has 1 aromatic heterocycles. The first-order chi connectivity index (χ1) is 5.93. The van der Waals surface area contributed by atoms with Gasteiger partial charge >= 0.3 is 6.18 Å². The molecule has 0 saturated heterocycles. The van der Waals surface area contributed by atoms with E-state index < -0.39 is 23.7 Å². The van der Waals surface area contributed by atoms with Crippen molar-refractivity contribution >= 4 is 0 Å². The molecule has 1 aromatic rings. The molecule has 6 heteroatoms. The number of pyridine rings is 1. The average molecular weight is 195 g/mol. The predicted octanol–water partition coefficient (Wildman–Crippen LogP) is 1.82. The predicted molar refractivity (Wildman–Crippen MR) is 35.2 cm³/mol. The third-order valence-corrected chi connectivity index (χ3v) is 1.41. The third kappa shape index (κ3) is 2.15. The Kier molecular flexibility index (Phi) is 2.51. The summed E-state index contributed by atoms with van der Waals surface area (Å²) in [5, 5.41) is 8.65. The maximum atomic E-state index is 12.6. The number of aliphatic hydroxyl groups is 1. The van der Waals surface area contributed by atoms with Crippen molar-refractivity contribution < 1.29 is 22.7 Å². The number of hydrogen-bond acceptors (Lipinski definition) is 2. The van der Waals surface area contributed by atoms with Gasteiger partial charge in [0, 0.05) is 11.8 Å². The molecule has 0 spiro atoms. The minimum absolute atomic E-state index is 0.615. The highest BCUT2D eigenvalue weighted by Crippen LogP contribution is 2.32. The van der Waals surface area contributed by atoms with Crippen LogP contribution in [0.3, 0.4) is 0 Å². The van der Waals surface area contributed by atoms with E-state index in [1.165, 1.54) is 0 Å². The molecule has 72 valence electrons. The summed E-state index contributed by atoms with van der Waals surface area (Å²) >= 11 is 0. The lowest BCUT2D eigenvalue weighted by molar-refractivity contribution is -0.207. The fourth-order valence-electron chi connectivity index (χ4n) is 0.784. The Hall–Kier alpha value is -1.17. The van der Waals surface area contributed by atoms with E-state index in [-0.39, 0.29) is 0 Å². The summed E-state index contributed by atoms with van der Waals surface area (Å²) in [7, 11) is 0. The van der Waals surface area contributed by atoms with Gasteiger partial charge in [0.05, 0.1) is 6.20 Å². The summed E-state index contributed by atoms with van der Waals surface area (Å²) in [6.07, 6.45) is -6.06. The lowest BCUT2D eigenvalue weighted by Crippen LogP contribution is -2.21. The van der Waals surface area contributed by atoms with Gasteiger partial charge in [-0.25, -0.2) is 4.39 Å². The van der Waals surface area contributed by atoms with Gasteiger partial charge in [-0.3, -0.25) is 4.98 Å². The Balaban J connectivity index is 3.02. The number of aromatic nitrogens is 1. The fraction of sp³-hybridized carbons (Fsp3) is 0.286. The van der Waals surface area contributed by atoms with Crippen molar-refractivity contribution in [3.05, 3.63) is 29.8 Å². The molecule has 0 aliphatic rings. The smallest absolute Gasteiger partial charge is 0.379 e. The standard InChI is InChI=1S/C7H5F4NO/c8-5-3-12-2-1-4(5)6(13)7(9,10)11/h1-3,6,13H/t6-/m0/s1. The second-order valence-electron chi connectivity index (χ2n) is 2.34. The number of halogens is 4. The molecule has 1 N–H and O–H groups in total. The molecule has 0 fully saturated rings. The van der Waals surface area contributed by atoms with Gasteiger partial charge in [-0.2, -0.15) is 13.2 Å². The Labute approximate surface area is 70.8 Å². The van der Waals surface area contributed by atoms with Gasteiger partial charge in [0.15, 0.2) is 6.10 Å². The number of hydrogen-bond donors (Lipinski definition) is 1. The van der Waals surface area contributed by atoms with Crippen molar-refractivity contribution in [2.45, 2.75) is 12.3 Å². The zero-order valence-corrected chi connectivity index (χ0v) is 6.22. The molecule has 0 aromatic carbocycles. The second-order valence-corrected chi connectivity index (χ2v) is 2.34. The minimum Gasteiger partial charge on any atom is -0.379 e. The molecular formula is C7H5F4NO. The monoisotopic (exact) mass is 195 g/mol. The van der Waals surface area contributed by atoms with Crippen LogP contribution in [0.2, 0.25) is 0 Å². The summed E-state index contributed by atoms with van der Waals surface area (Å²) in [6, 6.07) is 0.785. The zero-order valence-electron chi connectivity index (χ0n) is 6.22. The van der Waals surface area contributed by atoms with Gasteiger partial charge < -0.3 is 5.11 Å². The molecule has 0 aliphatic heterocycles. The van der Waals surface area contributed by atoms with Gasteiger partial charge in [0.25, 0.3) is 0 Å². The average Bonchev–Trinajstić information content (AvgIpc) is 2.02. The summed E-state index contributed by atoms with van der Waals surface area (Å²) < 4.78 is 48.3. The highest BCUT2D eigenvalue weighted by molar-refractivity contribution is 5.16. The molecule has 1 heterocycles. The maximum Gasteiger partial charge on any atom is 0.418 e. The number of rotatable bonds is 1. The lowest BCUT2D eigenvalue weighted by Gasteiger charge is -2.14. The normalized spacial score (nSPS) is 14.2. The molecule has 1 rings (SSSR count). The van der Waals surface area contributed by atoms with Crippen LogP contribution in [-0.4, -0.2) is 16.3 Å². The van der Waals surface area contributed by atoms with E-state index in [0.29, 0.717) is 6.20 Å². The van der Waals surface area contributed by atoms with Crippen LogP contribution in [0.25, 0.3) is 0 Å². The Morgan fingerprint density at radius 2 is 2.00 bits per heavy atom. The Bertz CT molecular complexity index is 299. The van der Waals surface area contributed by atoms with Crippen molar-refractivity contribution in [1.82, 2.24) is 4.98 Å². The first-order valence-corrected chi connectivity index (χ1v) is 3.27. The van der Waals surface area contributed by atoms with Crippen LogP contribution in [0.4, 0.5) is 17.6 Å². The molecule has 0 radical (unpaired) electrons. The van der Waals surface area contributed by atoms with Crippen LogP contribution in [0.5, 0.6) is 0 Å². The van der Waals surface area contributed by atoms with Gasteiger partial charge in [0.1, 0.15) is 5.82 Å². The largest absolute Gasteiger partial charge is 0.418 e. The highest BCUT2D eigenvalue weighted by atomic mass is 19.4. The van der Waals surface area contributed by atoms with E-state index in [4.69, 9.17) is 5.11 Å². The van der Waals surface area contributed by atoms with E-state index in [0.717, 1.165) is 12.3 Å². The topological polar surface area (TPSA) is 33.1 Å². The highest BCUT2D eigenvalue weighted by Gasteiger charge is 2.40. The van der Waals surface area contributed by atoms with Crippen LogP contribution in [0.15, 0.2) is 18.5 Å². The summed E-state index contributed by atoms with van der Waals surface area (Å²) in [5.74, 6) is -1.17. The van der Waals surface area contributed by atoms with Gasteiger partial charge in [-0.05, 0) is 6.07 Å². The van der Waals surface area contributed by atoms with Crippen molar-refractivity contribution in [3.63, 3.8) is 0 Å². The van der Waals surface area contributed by atoms with Crippen molar-refractivity contribution in [2.75, 3.05) is 0 Å². The van der Waals surface area contributed by atoms with Gasteiger partial charge in [0.2, 0.25) is 0 Å². The summed E-state index contributed by atoms with van der Waals surface area (Å²) in [4.78, 5) is 3.26. The molecule has 0 amide bonds. The van der Waals surface area contributed by atoms with Crippen LogP contribution in [0, 0.1) is 5.82 Å². The van der Waals surface area contributed by atoms with E-state index in [1.807, 2.05) is 0 Å². The second kappa shape index (κ2) is 3.29. The molecule has 13 heavy (non-hydrogen) atoms. The van der Waals surface area contributed by atoms with E-state index >= 15 is 0 Å². The van der Waals surface area contributed by atoms with Crippen molar-refractivity contribution in [2.24, 2.45) is 0 Å². The van der Waals surface area contributed by atoms with Crippen LogP contribution in [-0.2, 0) is 0 Å². The number of nitrogens with zero attached hydrogens (tertiary/aromatic N) is 1. The minimum atomic E-state index is -4.86. The molecule has 0 aliphatic carbocycles. The zero-order chi connectivity index (χ0) is 10.1. The van der Waals surface area contributed by atoms with E-state index in [2.05, 4.69) is 4.98 Å². The summed E-state index contributed by atoms with van der Waals surface area (Å²) in [5.41, 5.74) is -0.817. The van der Waals surface area contributed by atoms with Crippen LogP contribution >= 0.6 is 0 Å². The van der Waals surface area contributed by atoms with E-state index in [1.54, 1.807) is 0 Å². The first-order valence-electron chi connectivity index (χ1n) is 3.27. The van der Waals surface area contributed by atoms with Crippen molar-refractivity contribution in [1.29, 1.82) is 0 Å². The fourth-order valence-corrected chi connectivity index (χ4v) is 0.784. The molecule has 0 bridgehead atoms. The third-order valence-electron chi connectivity index (χ3n) is 1.41. The van der Waals surface area contributed by atoms with Crippen molar-refractivity contribution in [3.8, 4) is 0 Å². The SMILES string of the molecule is O[C@@H](c1ccncc1F)C(F)(F)F. The number of aliphatic hydroxyl groups excluding tert-OH is 1. The van der Waals surface area contributed by atoms with Crippen LogP contribution in [0.1, 0.15) is 11.7 Å². The van der Waals surface area contributed by atoms with Gasteiger partial charge in [-0.15, -0.1) is 0 Å². The van der Waals surface area contributed by atoms with Crippen LogP contribution < -0.4 is 0 Å². The Morgan fingerprint density at radius 1 is 1.38 bits per heavy atom.